The van der Waals surface area contributed by atoms with E-state index < -0.39 is 33.5 Å². The summed E-state index contributed by atoms with van der Waals surface area (Å²) >= 11 is 0. The van der Waals surface area contributed by atoms with Crippen LogP contribution >= 0.6 is 0 Å². The minimum Gasteiger partial charge on any atom is -0.439 e. The number of carbonyl (C=O) groups is 1. The van der Waals surface area contributed by atoms with Crippen LogP contribution in [0.5, 0.6) is 0 Å². The number of sulfonamides is 1. The molecule has 5 aromatic heterocycles. The predicted octanol–water partition coefficient (Wildman–Crippen LogP) is 4.96. The summed E-state index contributed by atoms with van der Waals surface area (Å²) in [5.74, 6) is -0.398. The number of aromatic nitrogens is 4. The minimum absolute atomic E-state index is 0.0347. The SMILES string of the molecule is CNC(=O)c1c(-n2ccc(C)cc2=O)oc2cc(N(C)S(C)(=O)=O)c(-c3ccc4nc(CN5CC(F)C5)n5c6cccc(F)c6cc5c4n3)cc12. The van der Waals surface area contributed by atoms with Gasteiger partial charge in [-0.15, -0.1) is 0 Å². The molecule has 6 heterocycles. The highest BCUT2D eigenvalue weighted by Gasteiger charge is 2.29. The molecule has 260 valence electrons. The molecule has 0 aliphatic carbocycles. The van der Waals surface area contributed by atoms with Crippen LogP contribution in [0.1, 0.15) is 21.7 Å². The molecule has 2 aromatic carbocycles. The van der Waals surface area contributed by atoms with Crippen molar-refractivity contribution in [1.29, 1.82) is 0 Å². The van der Waals surface area contributed by atoms with Gasteiger partial charge in [0.05, 0.1) is 40.7 Å². The monoisotopic (exact) mass is 711 g/mol. The third-order valence-electron chi connectivity index (χ3n) is 9.34. The Morgan fingerprint density at radius 1 is 1.06 bits per heavy atom. The third kappa shape index (κ3) is 5.31. The second-order valence-corrected chi connectivity index (χ2v) is 14.8. The van der Waals surface area contributed by atoms with Gasteiger partial charge in [0.15, 0.2) is 0 Å². The van der Waals surface area contributed by atoms with Crippen molar-refractivity contribution in [1.82, 2.24) is 29.2 Å². The van der Waals surface area contributed by atoms with E-state index in [9.17, 15) is 22.4 Å². The Labute approximate surface area is 289 Å². The number of carbonyl (C=O) groups excluding carboxylic acids is 1. The lowest BCUT2D eigenvalue weighted by Crippen LogP contribution is -2.47. The third-order valence-corrected chi connectivity index (χ3v) is 10.5. The second kappa shape index (κ2) is 11.7. The van der Waals surface area contributed by atoms with Crippen molar-refractivity contribution in [3.63, 3.8) is 0 Å². The van der Waals surface area contributed by atoms with Crippen LogP contribution in [0.4, 0.5) is 14.5 Å². The zero-order chi connectivity index (χ0) is 35.9. The van der Waals surface area contributed by atoms with E-state index in [1.807, 2.05) is 9.30 Å². The first-order valence-electron chi connectivity index (χ1n) is 16.0. The molecule has 15 heteroatoms. The number of rotatable bonds is 7. The van der Waals surface area contributed by atoms with Gasteiger partial charge in [0, 0.05) is 61.9 Å². The standard InChI is InChI=1S/C36H31F2N7O5S/c1-19-10-11-44(32(46)12-19)36-33(35(47)39-2)23-13-22(28(15-30(23)50-36)42(3)51(4,48)49)25-8-9-26-34(41-25)29-14-21-24(38)6-5-7-27(21)45(29)31(40-26)18-43-16-20(37)17-43/h5-15,20H,16-18H2,1-4H3,(H,39,47). The summed E-state index contributed by atoms with van der Waals surface area (Å²) in [4.78, 5) is 38.2. The Hall–Kier alpha value is -5.67. The summed E-state index contributed by atoms with van der Waals surface area (Å²) in [5, 5.41) is 3.28. The van der Waals surface area contributed by atoms with Gasteiger partial charge in [0.1, 0.15) is 34.5 Å². The summed E-state index contributed by atoms with van der Waals surface area (Å²) in [5.41, 5.74) is 3.44. The Morgan fingerprint density at radius 2 is 1.84 bits per heavy atom. The van der Waals surface area contributed by atoms with Gasteiger partial charge in [-0.1, -0.05) is 6.07 Å². The molecular formula is C36H31F2N7O5S. The van der Waals surface area contributed by atoms with E-state index in [0.717, 1.165) is 16.1 Å². The number of amides is 1. The molecule has 1 N–H and O–H groups in total. The number of pyridine rings is 2. The molecule has 1 fully saturated rings. The van der Waals surface area contributed by atoms with Gasteiger partial charge in [0.25, 0.3) is 11.5 Å². The summed E-state index contributed by atoms with van der Waals surface area (Å²) in [6.45, 7) is 2.66. The van der Waals surface area contributed by atoms with Gasteiger partial charge < -0.3 is 9.73 Å². The van der Waals surface area contributed by atoms with Crippen LogP contribution in [0.3, 0.4) is 0 Å². The van der Waals surface area contributed by atoms with Crippen molar-refractivity contribution >= 4 is 60.0 Å². The highest BCUT2D eigenvalue weighted by Crippen LogP contribution is 2.40. The van der Waals surface area contributed by atoms with Crippen LogP contribution in [-0.4, -0.2) is 77.8 Å². The molecule has 1 aliphatic heterocycles. The Balaban J connectivity index is 1.41. The average Bonchev–Trinajstić information content (AvgIpc) is 3.66. The quantitative estimate of drug-likeness (QED) is 0.245. The molecule has 8 rings (SSSR count). The number of hydrogen-bond acceptors (Lipinski definition) is 8. The van der Waals surface area contributed by atoms with E-state index in [2.05, 4.69) is 5.32 Å². The number of halogens is 2. The van der Waals surface area contributed by atoms with E-state index in [-0.39, 0.29) is 35.8 Å². The second-order valence-electron chi connectivity index (χ2n) is 12.8. The highest BCUT2D eigenvalue weighted by molar-refractivity contribution is 7.92. The molecule has 7 aromatic rings. The molecule has 0 saturated carbocycles. The van der Waals surface area contributed by atoms with Gasteiger partial charge in [-0.05, 0) is 55.0 Å². The maximum Gasteiger partial charge on any atom is 0.257 e. The van der Waals surface area contributed by atoms with Crippen molar-refractivity contribution in [3.8, 4) is 17.1 Å². The van der Waals surface area contributed by atoms with Crippen molar-refractivity contribution in [2.24, 2.45) is 0 Å². The van der Waals surface area contributed by atoms with Crippen molar-refractivity contribution < 1.29 is 26.4 Å². The largest absolute Gasteiger partial charge is 0.439 e. The summed E-state index contributed by atoms with van der Waals surface area (Å²) < 4.78 is 65.1. The van der Waals surface area contributed by atoms with Crippen LogP contribution in [0.2, 0.25) is 0 Å². The number of aryl methyl sites for hydroxylation is 1. The zero-order valence-electron chi connectivity index (χ0n) is 27.9. The molecule has 1 saturated heterocycles. The smallest absolute Gasteiger partial charge is 0.257 e. The summed E-state index contributed by atoms with van der Waals surface area (Å²) in [6.07, 6.45) is 1.66. The molecule has 1 aliphatic rings. The van der Waals surface area contributed by atoms with Gasteiger partial charge in [-0.2, -0.15) is 0 Å². The highest BCUT2D eigenvalue weighted by atomic mass is 32.2. The van der Waals surface area contributed by atoms with Gasteiger partial charge in [0.2, 0.25) is 15.9 Å². The van der Waals surface area contributed by atoms with Crippen LogP contribution in [-0.2, 0) is 16.6 Å². The number of likely N-dealkylation sites (tertiary alicyclic amines) is 1. The zero-order valence-corrected chi connectivity index (χ0v) is 28.8. The lowest BCUT2D eigenvalue weighted by molar-refractivity contribution is 0.0567. The molecule has 1 amide bonds. The van der Waals surface area contributed by atoms with Gasteiger partial charge >= 0.3 is 0 Å². The normalized spacial score (nSPS) is 14.2. The number of furan rings is 1. The Morgan fingerprint density at radius 3 is 2.55 bits per heavy atom. The van der Waals surface area contributed by atoms with E-state index in [4.69, 9.17) is 14.4 Å². The van der Waals surface area contributed by atoms with E-state index >= 15 is 4.39 Å². The number of alkyl halides is 1. The van der Waals surface area contributed by atoms with Crippen molar-refractivity contribution in [2.75, 3.05) is 37.7 Å². The fourth-order valence-corrected chi connectivity index (χ4v) is 7.19. The topological polar surface area (TPSA) is 135 Å². The lowest BCUT2D eigenvalue weighted by Gasteiger charge is -2.34. The number of anilines is 1. The summed E-state index contributed by atoms with van der Waals surface area (Å²) in [7, 11) is -0.977. The van der Waals surface area contributed by atoms with Crippen LogP contribution in [0.15, 0.2) is 76.1 Å². The maximum absolute atomic E-state index is 15.2. The average molecular weight is 712 g/mol. The molecule has 0 spiro atoms. The molecule has 51 heavy (non-hydrogen) atoms. The first-order valence-corrected chi connectivity index (χ1v) is 17.9. The minimum atomic E-state index is -3.82. The fraction of sp³-hybridized carbons (Fsp3) is 0.222. The number of nitrogens with one attached hydrogen (secondary N) is 1. The molecule has 0 unspecified atom stereocenters. The maximum atomic E-state index is 15.2. The van der Waals surface area contributed by atoms with Crippen molar-refractivity contribution in [3.05, 3.63) is 100.0 Å². The first kappa shape index (κ1) is 32.5. The molecule has 0 radical (unpaired) electrons. The van der Waals surface area contributed by atoms with Crippen LogP contribution < -0.4 is 15.2 Å². The van der Waals surface area contributed by atoms with Crippen LogP contribution in [0, 0.1) is 12.7 Å². The number of benzene rings is 2. The van der Waals surface area contributed by atoms with E-state index in [1.165, 1.54) is 43.1 Å². The van der Waals surface area contributed by atoms with E-state index in [1.54, 1.807) is 49.4 Å². The Kier molecular flexibility index (Phi) is 7.46. The molecule has 0 atom stereocenters. The Bertz CT molecular complexity index is 2770. The van der Waals surface area contributed by atoms with E-state index in [0.29, 0.717) is 56.5 Å². The summed E-state index contributed by atoms with van der Waals surface area (Å²) in [6, 6.07) is 16.1. The van der Waals surface area contributed by atoms with Crippen molar-refractivity contribution in [2.45, 2.75) is 19.6 Å². The predicted molar refractivity (Wildman–Crippen MR) is 190 cm³/mol. The molecular weight excluding hydrogens is 681 g/mol. The first-order chi connectivity index (χ1) is 24.3. The number of nitrogens with zero attached hydrogens (tertiary/aromatic N) is 6. The van der Waals surface area contributed by atoms with Crippen LogP contribution in [0.25, 0.3) is 55.6 Å². The van der Waals surface area contributed by atoms with Gasteiger partial charge in [-0.3, -0.25) is 27.8 Å². The fourth-order valence-electron chi connectivity index (χ4n) is 6.68. The lowest BCUT2D eigenvalue weighted by atomic mass is 10.0. The van der Waals surface area contributed by atoms with Gasteiger partial charge in [-0.25, -0.2) is 27.2 Å². The molecule has 12 nitrogen and oxygen atoms in total. The number of fused-ring (bicyclic) bond motifs is 6. The molecule has 0 bridgehead atoms. The number of hydrogen-bond donors (Lipinski definition) is 1.